The van der Waals surface area contributed by atoms with Crippen LogP contribution in [0.2, 0.25) is 0 Å². The number of carbonyl (C=O) groups is 1. The highest BCUT2D eigenvalue weighted by molar-refractivity contribution is 5.91. The van der Waals surface area contributed by atoms with E-state index < -0.39 is 0 Å². The second kappa shape index (κ2) is 7.38. The number of anilines is 1. The Morgan fingerprint density at radius 3 is 2.52 bits per heavy atom. The van der Waals surface area contributed by atoms with Crippen LogP contribution in [0.5, 0.6) is 11.5 Å². The van der Waals surface area contributed by atoms with E-state index in [9.17, 15) is 9.59 Å². The zero-order valence-electron chi connectivity index (χ0n) is 14.4. The quantitative estimate of drug-likeness (QED) is 0.895. The molecule has 1 aromatic heterocycles. The summed E-state index contributed by atoms with van der Waals surface area (Å²) in [6, 6.07) is 5.09. The summed E-state index contributed by atoms with van der Waals surface area (Å²) in [6.07, 6.45) is 5.07. The maximum absolute atomic E-state index is 12.5. The van der Waals surface area contributed by atoms with Gasteiger partial charge in [-0.15, -0.1) is 0 Å². The molecule has 0 unspecified atom stereocenters. The second-order valence-electron chi connectivity index (χ2n) is 5.96. The third-order valence-corrected chi connectivity index (χ3v) is 4.26. The van der Waals surface area contributed by atoms with Crippen LogP contribution in [-0.4, -0.2) is 29.7 Å². The molecular weight excluding hydrogens is 322 g/mol. The van der Waals surface area contributed by atoms with Crippen molar-refractivity contribution in [1.82, 2.24) is 9.55 Å². The van der Waals surface area contributed by atoms with Gasteiger partial charge in [0, 0.05) is 29.4 Å². The Labute approximate surface area is 145 Å². The minimum atomic E-state index is -0.310. The van der Waals surface area contributed by atoms with Gasteiger partial charge in [0.25, 0.3) is 5.56 Å². The fourth-order valence-corrected chi connectivity index (χ4v) is 2.97. The van der Waals surface area contributed by atoms with E-state index in [1.165, 1.54) is 10.9 Å². The number of hydrogen-bond donors (Lipinski definition) is 1. The van der Waals surface area contributed by atoms with Crippen molar-refractivity contribution in [1.29, 1.82) is 0 Å². The molecule has 0 bridgehead atoms. The van der Waals surface area contributed by atoms with Crippen molar-refractivity contribution in [3.8, 4) is 11.5 Å². The molecule has 1 aliphatic carbocycles. The Kier molecular flexibility index (Phi) is 5.02. The van der Waals surface area contributed by atoms with E-state index in [-0.39, 0.29) is 18.0 Å². The fraction of sp³-hybridized carbons (Fsp3) is 0.389. The van der Waals surface area contributed by atoms with Crippen molar-refractivity contribution in [3.05, 3.63) is 46.1 Å². The van der Waals surface area contributed by atoms with Gasteiger partial charge in [0.2, 0.25) is 5.91 Å². The first-order valence-electron chi connectivity index (χ1n) is 8.21. The molecular formula is C18H21N3O4. The Morgan fingerprint density at radius 1 is 1.16 bits per heavy atom. The number of amides is 1. The third kappa shape index (κ3) is 3.81. The molecule has 1 amide bonds. The van der Waals surface area contributed by atoms with Crippen molar-refractivity contribution >= 4 is 11.6 Å². The lowest BCUT2D eigenvalue weighted by atomic mass is 9.97. The number of aromatic nitrogens is 2. The third-order valence-electron chi connectivity index (χ3n) is 4.26. The summed E-state index contributed by atoms with van der Waals surface area (Å²) in [7, 11) is 3.08. The highest BCUT2D eigenvalue weighted by Gasteiger charge is 2.17. The molecule has 3 rings (SSSR count). The van der Waals surface area contributed by atoms with Gasteiger partial charge in [0.15, 0.2) is 0 Å². The molecule has 0 fully saturated rings. The fourth-order valence-electron chi connectivity index (χ4n) is 2.97. The Morgan fingerprint density at radius 2 is 1.84 bits per heavy atom. The van der Waals surface area contributed by atoms with E-state index in [1.54, 1.807) is 32.4 Å². The van der Waals surface area contributed by atoms with Crippen molar-refractivity contribution in [2.75, 3.05) is 19.5 Å². The van der Waals surface area contributed by atoms with Gasteiger partial charge in [-0.05, 0) is 25.7 Å². The lowest BCUT2D eigenvalue weighted by Crippen LogP contribution is -2.32. The molecule has 0 saturated carbocycles. The van der Waals surface area contributed by atoms with Gasteiger partial charge in [0.05, 0.1) is 26.2 Å². The van der Waals surface area contributed by atoms with Gasteiger partial charge in [-0.1, -0.05) is 0 Å². The molecule has 0 saturated heterocycles. The molecule has 7 nitrogen and oxygen atoms in total. The number of methoxy groups -OCH3 is 2. The van der Waals surface area contributed by atoms with Gasteiger partial charge in [0.1, 0.15) is 18.0 Å². The Hall–Kier alpha value is -2.83. The number of hydrogen-bond acceptors (Lipinski definition) is 5. The van der Waals surface area contributed by atoms with E-state index in [1.807, 2.05) is 0 Å². The number of aryl methyl sites for hydroxylation is 1. The highest BCUT2D eigenvalue weighted by Crippen LogP contribution is 2.25. The molecule has 2 aromatic rings. The summed E-state index contributed by atoms with van der Waals surface area (Å²) in [5.41, 5.74) is 2.03. The first-order chi connectivity index (χ1) is 12.1. The van der Waals surface area contributed by atoms with Crippen LogP contribution in [0.25, 0.3) is 0 Å². The van der Waals surface area contributed by atoms with Crippen LogP contribution in [0.4, 0.5) is 5.69 Å². The molecule has 132 valence electrons. The number of nitrogens with zero attached hydrogens (tertiary/aromatic N) is 2. The SMILES string of the molecule is COc1cc(NC(=O)Cn2cnc3c(c2=O)CCCC3)cc(OC)c1. The maximum Gasteiger partial charge on any atom is 0.257 e. The van der Waals surface area contributed by atoms with Crippen molar-refractivity contribution < 1.29 is 14.3 Å². The number of nitrogens with one attached hydrogen (secondary N) is 1. The monoisotopic (exact) mass is 343 g/mol. The predicted molar refractivity (Wildman–Crippen MR) is 93.3 cm³/mol. The predicted octanol–water partition coefficient (Wildman–Crippen LogP) is 1.78. The molecule has 7 heteroatoms. The van der Waals surface area contributed by atoms with E-state index >= 15 is 0 Å². The minimum Gasteiger partial charge on any atom is -0.497 e. The average molecular weight is 343 g/mol. The standard InChI is InChI=1S/C18H21N3O4/c1-24-13-7-12(8-14(9-13)25-2)20-17(22)10-21-11-19-16-6-4-3-5-15(16)18(21)23/h7-9,11H,3-6,10H2,1-2H3,(H,20,22). The molecule has 1 heterocycles. The largest absolute Gasteiger partial charge is 0.497 e. The van der Waals surface area contributed by atoms with Crippen molar-refractivity contribution in [2.45, 2.75) is 32.2 Å². The number of ether oxygens (including phenoxy) is 2. The van der Waals surface area contributed by atoms with Crippen LogP contribution in [0.15, 0.2) is 29.3 Å². The van der Waals surface area contributed by atoms with Gasteiger partial charge >= 0.3 is 0 Å². The normalized spacial score (nSPS) is 13.0. The molecule has 1 aliphatic rings. The van der Waals surface area contributed by atoms with Crippen LogP contribution >= 0.6 is 0 Å². The number of fused-ring (bicyclic) bond motifs is 1. The number of carbonyl (C=O) groups excluding carboxylic acids is 1. The van der Waals surface area contributed by atoms with E-state index in [4.69, 9.17) is 9.47 Å². The highest BCUT2D eigenvalue weighted by atomic mass is 16.5. The zero-order valence-corrected chi connectivity index (χ0v) is 14.4. The zero-order chi connectivity index (χ0) is 17.8. The summed E-state index contributed by atoms with van der Waals surface area (Å²) in [5, 5.41) is 2.76. The number of rotatable bonds is 5. The van der Waals surface area contributed by atoms with Gasteiger partial charge < -0.3 is 14.8 Å². The lowest BCUT2D eigenvalue weighted by molar-refractivity contribution is -0.116. The molecule has 25 heavy (non-hydrogen) atoms. The first-order valence-corrected chi connectivity index (χ1v) is 8.21. The first kappa shape index (κ1) is 17.0. The summed E-state index contributed by atoms with van der Waals surface area (Å²) in [5.74, 6) is 0.833. The molecule has 0 atom stereocenters. The molecule has 1 aromatic carbocycles. The van der Waals surface area contributed by atoms with E-state index in [0.717, 1.165) is 36.9 Å². The van der Waals surface area contributed by atoms with Crippen LogP contribution in [0, 0.1) is 0 Å². The second-order valence-corrected chi connectivity index (χ2v) is 5.96. The van der Waals surface area contributed by atoms with Gasteiger partial charge in [-0.25, -0.2) is 4.98 Å². The average Bonchev–Trinajstić information content (AvgIpc) is 2.63. The summed E-state index contributed by atoms with van der Waals surface area (Å²) in [4.78, 5) is 29.2. The van der Waals surface area contributed by atoms with Gasteiger partial charge in [-0.3, -0.25) is 14.2 Å². The van der Waals surface area contributed by atoms with E-state index in [0.29, 0.717) is 17.2 Å². The van der Waals surface area contributed by atoms with Crippen LogP contribution < -0.4 is 20.3 Å². The number of benzene rings is 1. The molecule has 0 radical (unpaired) electrons. The molecule has 0 spiro atoms. The lowest BCUT2D eigenvalue weighted by Gasteiger charge is -2.15. The van der Waals surface area contributed by atoms with Gasteiger partial charge in [-0.2, -0.15) is 0 Å². The van der Waals surface area contributed by atoms with Crippen LogP contribution in [-0.2, 0) is 24.2 Å². The summed E-state index contributed by atoms with van der Waals surface area (Å²) in [6.45, 7) is -0.0847. The smallest absolute Gasteiger partial charge is 0.257 e. The Bertz CT molecular complexity index is 822. The van der Waals surface area contributed by atoms with Crippen molar-refractivity contribution in [3.63, 3.8) is 0 Å². The minimum absolute atomic E-state index is 0.0847. The maximum atomic E-state index is 12.5. The molecule has 1 N–H and O–H groups in total. The summed E-state index contributed by atoms with van der Waals surface area (Å²) >= 11 is 0. The summed E-state index contributed by atoms with van der Waals surface area (Å²) < 4.78 is 11.7. The van der Waals surface area contributed by atoms with Crippen LogP contribution in [0.1, 0.15) is 24.1 Å². The topological polar surface area (TPSA) is 82.5 Å². The molecule has 0 aliphatic heterocycles. The van der Waals surface area contributed by atoms with Crippen LogP contribution in [0.3, 0.4) is 0 Å². The Balaban J connectivity index is 1.76. The van der Waals surface area contributed by atoms with E-state index in [2.05, 4.69) is 10.3 Å². The van der Waals surface area contributed by atoms with Crippen molar-refractivity contribution in [2.24, 2.45) is 0 Å².